The zero-order chi connectivity index (χ0) is 30.5. The maximum atomic E-state index is 9.72. The Balaban J connectivity index is 1.73. The van der Waals surface area contributed by atoms with Crippen LogP contribution in [0.2, 0.25) is 0 Å². The van der Waals surface area contributed by atoms with Crippen LogP contribution < -0.4 is 9.64 Å². The third kappa shape index (κ3) is 8.03. The Bertz CT molecular complexity index is 1510. The molecule has 0 atom stereocenters. The first-order valence-corrected chi connectivity index (χ1v) is 15.1. The van der Waals surface area contributed by atoms with E-state index >= 15 is 0 Å². The molecule has 0 amide bonds. The molecule has 2 heterocycles. The number of hydrogen-bond donors (Lipinski definition) is 0. The molecule has 0 saturated carbocycles. The van der Waals surface area contributed by atoms with Crippen LogP contribution >= 0.6 is 11.3 Å². The van der Waals surface area contributed by atoms with Crippen LogP contribution in [0.25, 0.3) is 18.2 Å². The molecule has 3 rings (SSSR count). The van der Waals surface area contributed by atoms with Gasteiger partial charge in [0.25, 0.3) is 0 Å². The Morgan fingerprint density at radius 3 is 2.17 bits per heavy atom. The minimum Gasteiger partial charge on any atom is -0.496 e. The third-order valence-corrected chi connectivity index (χ3v) is 7.94. The second-order valence-electron chi connectivity index (χ2n) is 10.4. The molecule has 42 heavy (non-hydrogen) atoms. The Morgan fingerprint density at radius 1 is 0.929 bits per heavy atom. The Hall–Kier alpha value is -4.51. The van der Waals surface area contributed by atoms with Crippen LogP contribution in [-0.2, 0) is 4.74 Å². The highest BCUT2D eigenvalue weighted by Gasteiger charge is 2.38. The van der Waals surface area contributed by atoms with Crippen LogP contribution in [0.15, 0.2) is 71.0 Å². The molecule has 1 aliphatic heterocycles. The van der Waals surface area contributed by atoms with Crippen molar-refractivity contribution in [3.8, 4) is 24.0 Å². The monoisotopic (exact) mass is 578 g/mol. The summed E-state index contributed by atoms with van der Waals surface area (Å²) in [5.74, 6) is 0.906. The van der Waals surface area contributed by atoms with Crippen LogP contribution in [0.5, 0.6) is 5.75 Å². The van der Waals surface area contributed by atoms with E-state index in [-0.39, 0.29) is 16.9 Å². The van der Waals surface area contributed by atoms with Crippen molar-refractivity contribution in [1.82, 2.24) is 0 Å². The normalized spacial score (nSPS) is 14.3. The average Bonchev–Trinajstić information content (AvgIpc) is 3.55. The van der Waals surface area contributed by atoms with E-state index in [1.165, 1.54) is 31.4 Å². The molecule has 1 aromatic heterocycles. The molecular formula is C35H38N4O2S. The van der Waals surface area contributed by atoms with Gasteiger partial charge in [0.05, 0.1) is 7.11 Å². The lowest BCUT2D eigenvalue weighted by Gasteiger charge is -2.25. The van der Waals surface area contributed by atoms with Crippen LogP contribution in [0.3, 0.4) is 0 Å². The number of ether oxygens (including phenoxy) is 2. The summed E-state index contributed by atoms with van der Waals surface area (Å²) in [7, 11) is 1.72. The molecule has 0 aliphatic carbocycles. The first-order chi connectivity index (χ1) is 20.3. The highest BCUT2D eigenvalue weighted by Crippen LogP contribution is 2.40. The number of methoxy groups -OCH3 is 1. The van der Waals surface area contributed by atoms with Gasteiger partial charge in [0.2, 0.25) is 0 Å². The van der Waals surface area contributed by atoms with Gasteiger partial charge in [-0.15, -0.1) is 11.3 Å². The molecule has 0 unspecified atom stereocenters. The predicted octanol–water partition coefficient (Wildman–Crippen LogP) is 8.83. The van der Waals surface area contributed by atoms with E-state index in [0.29, 0.717) is 5.57 Å². The number of nitrogens with zero attached hydrogens (tertiary/aromatic N) is 4. The maximum Gasteiger partial charge on any atom is 0.172 e. The molecule has 1 aromatic carbocycles. The number of benzene rings is 1. The zero-order valence-corrected chi connectivity index (χ0v) is 25.9. The Labute approximate surface area is 254 Å². The first-order valence-electron chi connectivity index (χ1n) is 14.3. The largest absolute Gasteiger partial charge is 0.496 e. The van der Waals surface area contributed by atoms with Crippen molar-refractivity contribution in [1.29, 1.82) is 15.8 Å². The summed E-state index contributed by atoms with van der Waals surface area (Å²) in [6, 6.07) is 16.2. The Kier molecular flexibility index (Phi) is 11.8. The minimum absolute atomic E-state index is 0.0466. The van der Waals surface area contributed by atoms with E-state index in [2.05, 4.69) is 49.1 Å². The van der Waals surface area contributed by atoms with Crippen molar-refractivity contribution in [2.24, 2.45) is 0 Å². The van der Waals surface area contributed by atoms with Gasteiger partial charge in [-0.2, -0.15) is 15.8 Å². The summed E-state index contributed by atoms with van der Waals surface area (Å²) < 4.78 is 11.6. The fraction of sp³-hybridized carbons (Fsp3) is 0.343. The van der Waals surface area contributed by atoms with E-state index < -0.39 is 5.60 Å². The molecular weight excluding hydrogens is 540 g/mol. The van der Waals surface area contributed by atoms with E-state index in [1.54, 1.807) is 18.4 Å². The maximum absolute atomic E-state index is 9.72. The van der Waals surface area contributed by atoms with Gasteiger partial charge in [-0.25, -0.2) is 0 Å². The van der Waals surface area contributed by atoms with Crippen LogP contribution in [0.4, 0.5) is 5.69 Å². The summed E-state index contributed by atoms with van der Waals surface area (Å²) in [5.41, 5.74) is 2.05. The molecule has 0 fully saturated rings. The van der Waals surface area contributed by atoms with Crippen LogP contribution in [0, 0.1) is 34.0 Å². The zero-order valence-electron chi connectivity index (χ0n) is 25.1. The van der Waals surface area contributed by atoms with E-state index in [9.17, 15) is 15.8 Å². The van der Waals surface area contributed by atoms with Crippen molar-refractivity contribution < 1.29 is 9.47 Å². The van der Waals surface area contributed by atoms with Crippen molar-refractivity contribution in [3.63, 3.8) is 0 Å². The molecule has 0 spiro atoms. The van der Waals surface area contributed by atoms with E-state index in [1.807, 2.05) is 68.5 Å². The summed E-state index contributed by atoms with van der Waals surface area (Å²) in [6.45, 7) is 10.2. The molecule has 0 radical (unpaired) electrons. The van der Waals surface area contributed by atoms with Gasteiger partial charge < -0.3 is 14.4 Å². The van der Waals surface area contributed by atoms with Gasteiger partial charge in [0, 0.05) is 45.7 Å². The predicted molar refractivity (Wildman–Crippen MR) is 172 cm³/mol. The van der Waals surface area contributed by atoms with Crippen molar-refractivity contribution in [3.05, 3.63) is 86.4 Å². The summed E-state index contributed by atoms with van der Waals surface area (Å²) in [6.07, 6.45) is 16.6. The molecule has 2 aromatic rings. The highest BCUT2D eigenvalue weighted by molar-refractivity contribution is 7.13. The minimum atomic E-state index is -0.830. The van der Waals surface area contributed by atoms with Crippen LogP contribution in [-0.4, -0.2) is 25.8 Å². The number of rotatable bonds is 13. The number of nitriles is 3. The Morgan fingerprint density at radius 2 is 1.57 bits per heavy atom. The molecule has 0 saturated heterocycles. The van der Waals surface area contributed by atoms with Gasteiger partial charge in [-0.05, 0) is 63.1 Å². The highest BCUT2D eigenvalue weighted by atomic mass is 32.1. The second-order valence-corrected chi connectivity index (χ2v) is 11.5. The average molecular weight is 579 g/mol. The van der Waals surface area contributed by atoms with E-state index in [0.717, 1.165) is 34.2 Å². The fourth-order valence-corrected chi connectivity index (χ4v) is 5.43. The lowest BCUT2D eigenvalue weighted by Crippen LogP contribution is -2.25. The molecule has 216 valence electrons. The standard InChI is InChI=1S/C35H38N4O2S/c1-6-8-20-39(21-9-7-2)28-15-14-26(33(22-28)40-5)12-10-11-13-29-16-17-30(42-29)18-19-32-31(25-38)34(27(23-36)24-37)41-35(32,3)4/h10-19,22H,6-9,20-21H2,1-5H3/b12-10+,13-11+,19-18+. The number of allylic oxidation sites excluding steroid dienone is 4. The molecule has 1 aliphatic rings. The summed E-state index contributed by atoms with van der Waals surface area (Å²) in [5, 5.41) is 28.2. The van der Waals surface area contributed by atoms with E-state index in [4.69, 9.17) is 9.47 Å². The lowest BCUT2D eigenvalue weighted by atomic mass is 9.94. The van der Waals surface area contributed by atoms with Gasteiger partial charge >= 0.3 is 0 Å². The van der Waals surface area contributed by atoms with Crippen molar-refractivity contribution >= 4 is 35.3 Å². The van der Waals surface area contributed by atoms with Crippen molar-refractivity contribution in [2.75, 3.05) is 25.1 Å². The SMILES string of the molecule is CCCCN(CCCC)c1ccc(/C=C/C=C/c2ccc(/C=C/C3=C(C#N)C(=C(C#N)C#N)OC3(C)C)s2)c(OC)c1. The van der Waals surface area contributed by atoms with Crippen LogP contribution in [0.1, 0.15) is 68.7 Å². The quantitative estimate of drug-likeness (QED) is 0.174. The van der Waals surface area contributed by atoms with Gasteiger partial charge in [-0.1, -0.05) is 51.0 Å². The number of unbranched alkanes of at least 4 members (excludes halogenated alkanes) is 2. The summed E-state index contributed by atoms with van der Waals surface area (Å²) >= 11 is 1.61. The number of thiophene rings is 1. The van der Waals surface area contributed by atoms with Gasteiger partial charge in [0.1, 0.15) is 35.1 Å². The second kappa shape index (κ2) is 15.5. The lowest BCUT2D eigenvalue weighted by molar-refractivity contribution is 0.0954. The molecule has 0 bridgehead atoms. The number of anilines is 1. The molecule has 7 heteroatoms. The fourth-order valence-electron chi connectivity index (χ4n) is 4.61. The third-order valence-electron chi connectivity index (χ3n) is 6.92. The summed E-state index contributed by atoms with van der Waals surface area (Å²) in [4.78, 5) is 4.54. The van der Waals surface area contributed by atoms with Gasteiger partial charge in [-0.3, -0.25) is 0 Å². The molecule has 6 nitrogen and oxygen atoms in total. The smallest absolute Gasteiger partial charge is 0.172 e. The topological polar surface area (TPSA) is 93.1 Å². The van der Waals surface area contributed by atoms with Crippen molar-refractivity contribution in [2.45, 2.75) is 59.0 Å². The first kappa shape index (κ1) is 32.0. The number of hydrogen-bond acceptors (Lipinski definition) is 7. The molecule has 0 N–H and O–H groups in total. The van der Waals surface area contributed by atoms with Gasteiger partial charge in [0.15, 0.2) is 11.3 Å².